The number of aromatic nitrogens is 4. The third-order valence-corrected chi connectivity index (χ3v) is 3.95. The van der Waals surface area contributed by atoms with E-state index in [2.05, 4.69) is 20.4 Å². The Balaban J connectivity index is 1.56. The molecule has 0 spiro atoms. The van der Waals surface area contributed by atoms with E-state index < -0.39 is 5.60 Å². The van der Waals surface area contributed by atoms with Gasteiger partial charge >= 0.3 is 6.09 Å². The molecule has 8 heteroatoms. The molecule has 1 atom stereocenters. The zero-order chi connectivity index (χ0) is 17.9. The predicted molar refractivity (Wildman–Crippen MR) is 93.6 cm³/mol. The number of ether oxygens (including phenoxy) is 1. The van der Waals surface area contributed by atoms with Crippen LogP contribution in [0.5, 0.6) is 0 Å². The number of carbonyl (C=O) groups is 1. The smallest absolute Gasteiger partial charge is 0.410 e. The van der Waals surface area contributed by atoms with Crippen LogP contribution in [0, 0.1) is 0 Å². The number of nitrogens with one attached hydrogen (secondary N) is 1. The minimum Gasteiger partial charge on any atom is -0.444 e. The molecule has 0 radical (unpaired) electrons. The van der Waals surface area contributed by atoms with E-state index in [9.17, 15) is 4.79 Å². The lowest BCUT2D eigenvalue weighted by molar-refractivity contribution is 0.0235. The van der Waals surface area contributed by atoms with Crippen molar-refractivity contribution in [3.8, 4) is 5.82 Å². The lowest BCUT2D eigenvalue weighted by Gasteiger charge is -2.28. The Hall–Kier alpha value is -2.64. The summed E-state index contributed by atoms with van der Waals surface area (Å²) in [5.41, 5.74) is 0.429. The molecule has 1 amide bonds. The molecule has 0 aliphatic carbocycles. The van der Waals surface area contributed by atoms with Gasteiger partial charge in [-0.3, -0.25) is 0 Å². The van der Waals surface area contributed by atoms with Crippen LogP contribution in [-0.4, -0.2) is 55.5 Å². The molecule has 25 heavy (non-hydrogen) atoms. The first-order valence-electron chi connectivity index (χ1n) is 8.47. The van der Waals surface area contributed by atoms with Crippen LogP contribution in [0.3, 0.4) is 0 Å². The Labute approximate surface area is 147 Å². The van der Waals surface area contributed by atoms with Gasteiger partial charge in [-0.25, -0.2) is 19.4 Å². The number of carbonyl (C=O) groups excluding carboxylic acids is 1. The highest BCUT2D eigenvalue weighted by molar-refractivity contribution is 5.69. The second-order valence-electron chi connectivity index (χ2n) is 7.10. The van der Waals surface area contributed by atoms with Crippen LogP contribution in [0.25, 0.3) is 5.82 Å². The summed E-state index contributed by atoms with van der Waals surface area (Å²) in [5, 5.41) is 7.40. The summed E-state index contributed by atoms with van der Waals surface area (Å²) in [6.07, 6.45) is 6.55. The minimum atomic E-state index is -0.473. The number of pyridine rings is 1. The molecule has 2 aromatic rings. The molecule has 3 rings (SSSR count). The van der Waals surface area contributed by atoms with Gasteiger partial charge in [-0.05, 0) is 45.7 Å². The highest BCUT2D eigenvalue weighted by atomic mass is 16.6. The Morgan fingerprint density at radius 3 is 2.88 bits per heavy atom. The number of rotatable bonds is 4. The van der Waals surface area contributed by atoms with Crippen LogP contribution >= 0.6 is 0 Å². The molecule has 0 saturated carbocycles. The largest absolute Gasteiger partial charge is 0.444 e. The van der Waals surface area contributed by atoms with Gasteiger partial charge < -0.3 is 15.0 Å². The van der Waals surface area contributed by atoms with Gasteiger partial charge in [0.15, 0.2) is 5.82 Å². The average molecular weight is 344 g/mol. The molecule has 0 aromatic carbocycles. The number of hydrogen-bond acceptors (Lipinski definition) is 6. The second kappa shape index (κ2) is 7.08. The van der Waals surface area contributed by atoms with Crippen molar-refractivity contribution in [2.24, 2.45) is 0 Å². The molecule has 1 N–H and O–H groups in total. The van der Waals surface area contributed by atoms with Crippen molar-refractivity contribution in [3.05, 3.63) is 31.0 Å². The van der Waals surface area contributed by atoms with Gasteiger partial charge in [-0.1, -0.05) is 0 Å². The van der Waals surface area contributed by atoms with Crippen molar-refractivity contribution in [2.45, 2.75) is 45.3 Å². The quantitative estimate of drug-likeness (QED) is 0.917. The Kier molecular flexibility index (Phi) is 4.87. The zero-order valence-electron chi connectivity index (χ0n) is 14.8. The summed E-state index contributed by atoms with van der Waals surface area (Å²) in [6.45, 7) is 7.07. The van der Waals surface area contributed by atoms with Crippen molar-refractivity contribution >= 4 is 11.8 Å². The molecule has 1 aliphatic rings. The van der Waals surface area contributed by atoms with Crippen LogP contribution in [-0.2, 0) is 4.74 Å². The van der Waals surface area contributed by atoms with E-state index in [4.69, 9.17) is 4.74 Å². The summed E-state index contributed by atoms with van der Waals surface area (Å²) >= 11 is 0. The molecule has 2 aromatic heterocycles. The van der Waals surface area contributed by atoms with E-state index in [1.54, 1.807) is 17.2 Å². The Bertz CT molecular complexity index is 693. The van der Waals surface area contributed by atoms with E-state index >= 15 is 0 Å². The molecule has 8 nitrogen and oxygen atoms in total. The maximum absolute atomic E-state index is 12.3. The predicted octanol–water partition coefficient (Wildman–Crippen LogP) is 2.47. The van der Waals surface area contributed by atoms with Gasteiger partial charge in [0.25, 0.3) is 0 Å². The fourth-order valence-corrected chi connectivity index (χ4v) is 2.80. The van der Waals surface area contributed by atoms with Crippen molar-refractivity contribution < 1.29 is 9.53 Å². The molecule has 0 bridgehead atoms. The summed E-state index contributed by atoms with van der Waals surface area (Å²) in [5.74, 6) is 0.708. The molecule has 1 aliphatic heterocycles. The summed E-state index contributed by atoms with van der Waals surface area (Å²) in [7, 11) is 0. The molecule has 1 unspecified atom stereocenters. The molecule has 1 fully saturated rings. The first-order chi connectivity index (χ1) is 11.9. The van der Waals surface area contributed by atoms with E-state index in [1.807, 2.05) is 37.8 Å². The number of amides is 1. The lowest BCUT2D eigenvalue weighted by Crippen LogP contribution is -2.42. The van der Waals surface area contributed by atoms with Gasteiger partial charge in [-0.15, -0.1) is 0 Å². The van der Waals surface area contributed by atoms with E-state index in [1.165, 1.54) is 6.33 Å². The SMILES string of the molecule is CC(C)(C)OC(=O)N1CCCC1CNc1ccc(-n2cncn2)nc1. The van der Waals surface area contributed by atoms with E-state index in [0.717, 1.165) is 25.1 Å². The van der Waals surface area contributed by atoms with Gasteiger partial charge in [0, 0.05) is 13.1 Å². The highest BCUT2D eigenvalue weighted by Gasteiger charge is 2.31. The van der Waals surface area contributed by atoms with Crippen molar-refractivity contribution in [2.75, 3.05) is 18.4 Å². The van der Waals surface area contributed by atoms with E-state index in [-0.39, 0.29) is 12.1 Å². The number of hydrogen-bond donors (Lipinski definition) is 1. The maximum atomic E-state index is 12.3. The second-order valence-corrected chi connectivity index (χ2v) is 7.10. The normalized spacial score (nSPS) is 17.6. The maximum Gasteiger partial charge on any atom is 0.410 e. The van der Waals surface area contributed by atoms with Crippen molar-refractivity contribution in [1.29, 1.82) is 0 Å². The Morgan fingerprint density at radius 2 is 2.24 bits per heavy atom. The number of likely N-dealkylation sites (tertiary alicyclic amines) is 1. The zero-order valence-corrected chi connectivity index (χ0v) is 14.8. The van der Waals surface area contributed by atoms with Gasteiger partial charge in [0.2, 0.25) is 0 Å². The first-order valence-corrected chi connectivity index (χ1v) is 8.47. The van der Waals surface area contributed by atoms with Crippen LogP contribution < -0.4 is 5.32 Å². The molecule has 134 valence electrons. The minimum absolute atomic E-state index is 0.129. The Morgan fingerprint density at radius 1 is 1.40 bits per heavy atom. The third-order valence-electron chi connectivity index (χ3n) is 3.95. The fourth-order valence-electron chi connectivity index (χ4n) is 2.80. The average Bonchev–Trinajstić information content (AvgIpc) is 3.23. The van der Waals surface area contributed by atoms with Gasteiger partial charge in [-0.2, -0.15) is 5.10 Å². The molecule has 3 heterocycles. The summed E-state index contributed by atoms with van der Waals surface area (Å²) in [6, 6.07) is 3.94. The summed E-state index contributed by atoms with van der Waals surface area (Å²) in [4.78, 5) is 22.4. The van der Waals surface area contributed by atoms with Crippen molar-refractivity contribution in [3.63, 3.8) is 0 Å². The van der Waals surface area contributed by atoms with Crippen LogP contribution in [0.15, 0.2) is 31.0 Å². The number of nitrogens with zero attached hydrogens (tertiary/aromatic N) is 5. The standard InChI is InChI=1S/C17H24N6O2/c1-17(2,3)25-16(24)22-8-4-5-14(22)10-19-13-6-7-15(20-9-13)23-12-18-11-21-23/h6-7,9,11-12,14,19H,4-5,8,10H2,1-3H3. The third kappa shape index (κ3) is 4.46. The van der Waals surface area contributed by atoms with Gasteiger partial charge in [0.05, 0.1) is 17.9 Å². The lowest BCUT2D eigenvalue weighted by atomic mass is 10.2. The van der Waals surface area contributed by atoms with Crippen LogP contribution in [0.4, 0.5) is 10.5 Å². The molecule has 1 saturated heterocycles. The number of anilines is 1. The highest BCUT2D eigenvalue weighted by Crippen LogP contribution is 2.21. The monoisotopic (exact) mass is 344 g/mol. The first kappa shape index (κ1) is 17.2. The summed E-state index contributed by atoms with van der Waals surface area (Å²) < 4.78 is 7.09. The van der Waals surface area contributed by atoms with Crippen molar-refractivity contribution in [1.82, 2.24) is 24.6 Å². The van der Waals surface area contributed by atoms with Crippen LogP contribution in [0.2, 0.25) is 0 Å². The van der Waals surface area contributed by atoms with Gasteiger partial charge in [0.1, 0.15) is 18.3 Å². The molecular weight excluding hydrogens is 320 g/mol. The van der Waals surface area contributed by atoms with Crippen LogP contribution in [0.1, 0.15) is 33.6 Å². The van der Waals surface area contributed by atoms with E-state index in [0.29, 0.717) is 12.4 Å². The fraction of sp³-hybridized carbons (Fsp3) is 0.529. The molecular formula is C17H24N6O2. The topological polar surface area (TPSA) is 85.2 Å².